The van der Waals surface area contributed by atoms with Crippen LogP contribution in [-0.2, 0) is 14.4 Å². The fraction of sp³-hybridized carbons (Fsp3) is 0.526. The second-order valence-electron chi connectivity index (χ2n) is 7.36. The fourth-order valence-corrected chi connectivity index (χ4v) is 3.23. The molecule has 0 aromatic rings. The summed E-state index contributed by atoms with van der Waals surface area (Å²) in [5, 5.41) is 0. The van der Waals surface area contributed by atoms with E-state index in [1.54, 1.807) is 35.8 Å². The number of amides is 1. The number of nitrogens with two attached hydrogens (primary N) is 1. The topological polar surface area (TPSA) is 83.7 Å². The summed E-state index contributed by atoms with van der Waals surface area (Å²) in [7, 11) is 1.71. The van der Waals surface area contributed by atoms with Crippen molar-refractivity contribution in [1.82, 2.24) is 8.01 Å². The van der Waals surface area contributed by atoms with E-state index in [9.17, 15) is 14.4 Å². The Bertz CT molecular complexity index is 720. The maximum Gasteiger partial charge on any atom is 0.223 e. The molecular weight excluding hydrogens is 445 g/mol. The van der Waals surface area contributed by atoms with Crippen molar-refractivity contribution >= 4 is 40.3 Å². The van der Waals surface area contributed by atoms with Gasteiger partial charge in [-0.3, -0.25) is 17.5 Å². The highest BCUT2D eigenvalue weighted by atomic mass is 127. The number of hydrogen-bond acceptors (Lipinski definition) is 5. The predicted octanol–water partition coefficient (Wildman–Crippen LogP) is 2.75. The number of halogens is 1. The number of hydrogen-bond donors (Lipinski definition) is 1. The van der Waals surface area contributed by atoms with Crippen LogP contribution in [0.5, 0.6) is 0 Å². The van der Waals surface area contributed by atoms with E-state index in [-0.39, 0.29) is 23.9 Å². The van der Waals surface area contributed by atoms with E-state index in [4.69, 9.17) is 5.73 Å². The van der Waals surface area contributed by atoms with E-state index in [1.165, 1.54) is 0 Å². The molecule has 144 valence electrons. The first-order valence-corrected chi connectivity index (χ1v) is 9.37. The second-order valence-corrected chi connectivity index (χ2v) is 8.53. The molecule has 2 N–H and O–H groups in total. The first-order valence-electron chi connectivity index (χ1n) is 8.41. The molecule has 1 amide bonds. The zero-order chi connectivity index (χ0) is 20.4. The average molecular weight is 473 g/mol. The van der Waals surface area contributed by atoms with Gasteiger partial charge in [0.2, 0.25) is 5.91 Å². The highest BCUT2D eigenvalue weighted by Gasteiger charge is 2.38. The van der Waals surface area contributed by atoms with Crippen molar-refractivity contribution in [2.75, 3.05) is 20.1 Å². The van der Waals surface area contributed by atoms with Gasteiger partial charge in [-0.25, -0.2) is 0 Å². The van der Waals surface area contributed by atoms with E-state index in [2.05, 4.69) is 6.58 Å². The van der Waals surface area contributed by atoms with Gasteiger partial charge in [-0.2, -0.15) is 0 Å². The molecule has 26 heavy (non-hydrogen) atoms. The third-order valence-corrected chi connectivity index (χ3v) is 5.93. The Morgan fingerprint density at radius 1 is 1.08 bits per heavy atom. The standard InChI is InChI=1S/C19H28IN3O3/c1-11-12(2)18(26)16(13(3)17(11)25)19(5,6)10-15(24)22(7)8-9-23(20)14(4)21/h4,8-10,21H2,1-3,5-7H3. The number of rotatable bonds is 7. The Balaban J connectivity index is 2.94. The maximum atomic E-state index is 12.8. The molecule has 0 saturated heterocycles. The third-order valence-electron chi connectivity index (χ3n) is 4.83. The molecule has 0 saturated carbocycles. The van der Waals surface area contributed by atoms with Crippen molar-refractivity contribution < 1.29 is 14.4 Å². The van der Waals surface area contributed by atoms with Crippen LogP contribution in [0, 0.1) is 5.41 Å². The van der Waals surface area contributed by atoms with Gasteiger partial charge in [0.05, 0.1) is 22.9 Å². The molecule has 6 nitrogen and oxygen atoms in total. The van der Waals surface area contributed by atoms with Crippen LogP contribution in [-0.4, -0.2) is 45.6 Å². The molecule has 7 heteroatoms. The maximum absolute atomic E-state index is 12.8. The zero-order valence-corrected chi connectivity index (χ0v) is 18.6. The van der Waals surface area contributed by atoms with Gasteiger partial charge < -0.3 is 10.6 Å². The first-order chi connectivity index (χ1) is 11.8. The molecule has 0 unspecified atom stereocenters. The summed E-state index contributed by atoms with van der Waals surface area (Å²) in [4.78, 5) is 39.4. The van der Waals surface area contributed by atoms with Crippen molar-refractivity contribution in [3.05, 3.63) is 34.7 Å². The Labute approximate surface area is 169 Å². The highest BCUT2D eigenvalue weighted by Crippen LogP contribution is 2.39. The lowest BCUT2D eigenvalue weighted by Gasteiger charge is -2.33. The van der Waals surface area contributed by atoms with Crippen LogP contribution in [0.2, 0.25) is 0 Å². The number of likely N-dealkylation sites (N-methyl/N-ethyl adjacent to an activating group) is 1. The quantitative estimate of drug-likeness (QED) is 0.349. The van der Waals surface area contributed by atoms with Crippen molar-refractivity contribution in [2.45, 2.75) is 41.0 Å². The van der Waals surface area contributed by atoms with Crippen LogP contribution in [0.3, 0.4) is 0 Å². The lowest BCUT2D eigenvalue weighted by Crippen LogP contribution is -2.38. The summed E-state index contributed by atoms with van der Waals surface area (Å²) in [5.41, 5.74) is 6.71. The summed E-state index contributed by atoms with van der Waals surface area (Å²) < 4.78 is 1.74. The van der Waals surface area contributed by atoms with E-state index in [1.807, 2.05) is 36.7 Å². The SMILES string of the molecule is C=C(N)N(I)CCN(C)C(=O)CC(C)(C)C1=C(C)C(=O)C(C)=C(C)C1=O. The molecule has 1 aliphatic rings. The Kier molecular flexibility index (Phi) is 7.21. The van der Waals surface area contributed by atoms with Gasteiger partial charge in [0.15, 0.2) is 11.6 Å². The molecular formula is C19H28IN3O3. The molecule has 0 aromatic carbocycles. The van der Waals surface area contributed by atoms with Crippen molar-refractivity contribution in [1.29, 1.82) is 0 Å². The second kappa shape index (κ2) is 8.37. The fourth-order valence-electron chi connectivity index (χ4n) is 3.02. The van der Waals surface area contributed by atoms with Crippen LogP contribution in [0.15, 0.2) is 34.7 Å². The zero-order valence-electron chi connectivity index (χ0n) is 16.4. The number of nitrogens with zero attached hydrogens (tertiary/aromatic N) is 2. The van der Waals surface area contributed by atoms with E-state index >= 15 is 0 Å². The Morgan fingerprint density at radius 2 is 1.58 bits per heavy atom. The monoisotopic (exact) mass is 473 g/mol. The van der Waals surface area contributed by atoms with Gasteiger partial charge in [-0.05, 0) is 20.8 Å². The summed E-state index contributed by atoms with van der Waals surface area (Å²) in [6.45, 7) is 13.4. The largest absolute Gasteiger partial charge is 0.385 e. The van der Waals surface area contributed by atoms with Gasteiger partial charge in [-0.15, -0.1) is 0 Å². The van der Waals surface area contributed by atoms with Crippen LogP contribution in [0.25, 0.3) is 0 Å². The van der Waals surface area contributed by atoms with Crippen LogP contribution in [0.4, 0.5) is 0 Å². The number of allylic oxidation sites excluding steroid dienone is 4. The molecule has 1 rings (SSSR count). The molecule has 0 fully saturated rings. The predicted molar refractivity (Wildman–Crippen MR) is 111 cm³/mol. The Morgan fingerprint density at radius 3 is 2.08 bits per heavy atom. The summed E-state index contributed by atoms with van der Waals surface area (Å²) in [5.74, 6) is 0.0781. The van der Waals surface area contributed by atoms with Crippen molar-refractivity contribution in [3.63, 3.8) is 0 Å². The first kappa shape index (κ1) is 22.4. The van der Waals surface area contributed by atoms with Crippen molar-refractivity contribution in [3.8, 4) is 0 Å². The normalized spacial score (nSPS) is 15.5. The van der Waals surface area contributed by atoms with Crippen LogP contribution < -0.4 is 5.73 Å². The third kappa shape index (κ3) is 4.75. The van der Waals surface area contributed by atoms with Gasteiger partial charge in [-0.1, -0.05) is 20.4 Å². The van der Waals surface area contributed by atoms with Crippen molar-refractivity contribution in [2.24, 2.45) is 11.1 Å². The van der Waals surface area contributed by atoms with Gasteiger partial charge in [0.1, 0.15) is 5.82 Å². The molecule has 0 atom stereocenters. The minimum atomic E-state index is -0.731. The lowest BCUT2D eigenvalue weighted by molar-refractivity contribution is -0.131. The average Bonchev–Trinajstić information content (AvgIpc) is 2.54. The van der Waals surface area contributed by atoms with Gasteiger partial charge >= 0.3 is 0 Å². The number of carbonyl (C=O) groups is 3. The summed E-state index contributed by atoms with van der Waals surface area (Å²) in [6, 6.07) is 0. The van der Waals surface area contributed by atoms with E-state index in [0.717, 1.165) is 0 Å². The van der Waals surface area contributed by atoms with Crippen LogP contribution in [0.1, 0.15) is 41.0 Å². The summed E-state index contributed by atoms with van der Waals surface area (Å²) >= 11 is 2.04. The molecule has 1 aliphatic carbocycles. The number of ketones is 2. The summed E-state index contributed by atoms with van der Waals surface area (Å²) in [6.07, 6.45) is 0.145. The minimum Gasteiger partial charge on any atom is -0.385 e. The van der Waals surface area contributed by atoms with Crippen LogP contribution >= 0.6 is 22.9 Å². The molecule has 0 heterocycles. The molecule has 0 radical (unpaired) electrons. The number of carbonyl (C=O) groups excluding carboxylic acids is 3. The molecule has 0 bridgehead atoms. The Hall–Kier alpha value is -1.64. The smallest absolute Gasteiger partial charge is 0.223 e. The molecule has 0 aromatic heterocycles. The van der Waals surface area contributed by atoms with E-state index < -0.39 is 5.41 Å². The van der Waals surface area contributed by atoms with Gasteiger partial charge in [0.25, 0.3) is 0 Å². The lowest BCUT2D eigenvalue weighted by atomic mass is 9.71. The minimum absolute atomic E-state index is 0.0908. The van der Waals surface area contributed by atoms with E-state index in [0.29, 0.717) is 41.2 Å². The molecule has 0 aliphatic heterocycles. The number of Topliss-reactive ketones (excluding diaryl/α,β-unsaturated/α-hetero) is 2. The molecule has 0 spiro atoms. The van der Waals surface area contributed by atoms with Gasteiger partial charge in [0, 0.05) is 54.3 Å². The highest BCUT2D eigenvalue weighted by molar-refractivity contribution is 14.1.